The van der Waals surface area contributed by atoms with Crippen molar-refractivity contribution in [3.8, 4) is 0 Å². The van der Waals surface area contributed by atoms with Crippen LogP contribution in [0.5, 0.6) is 0 Å². The first-order valence-electron chi connectivity index (χ1n) is 16.3. The average Bonchev–Trinajstić information content (AvgIpc) is 3.43. The fourth-order valence-electron chi connectivity index (χ4n) is 5.92. The summed E-state index contributed by atoms with van der Waals surface area (Å²) in [5.74, 6) is -0.581. The average molecular weight is 615 g/mol. The summed E-state index contributed by atoms with van der Waals surface area (Å²) < 4.78 is 23.6. The number of unbranched alkanes of at least 4 members (excludes halogenated alkanes) is 1. The number of benzene rings is 1. The van der Waals surface area contributed by atoms with E-state index in [1.165, 1.54) is 0 Å². The molecule has 0 radical (unpaired) electrons. The minimum absolute atomic E-state index is 0.0977. The van der Waals surface area contributed by atoms with Gasteiger partial charge in [0.2, 0.25) is 5.91 Å². The number of ether oxygens (including phenoxy) is 2. The lowest BCUT2D eigenvalue weighted by molar-refractivity contribution is -0.158. The molecule has 0 bridgehead atoms. The van der Waals surface area contributed by atoms with Crippen LogP contribution in [-0.2, 0) is 35.0 Å². The summed E-state index contributed by atoms with van der Waals surface area (Å²) in [4.78, 5) is 39.7. The quantitative estimate of drug-likeness (QED) is 0.147. The smallest absolute Gasteiger partial charge is 0.457 e. The fourth-order valence-corrected chi connectivity index (χ4v) is 5.92. The van der Waals surface area contributed by atoms with Gasteiger partial charge in [-0.3, -0.25) is 9.59 Å². The molecule has 0 aromatic heterocycles. The molecule has 2 fully saturated rings. The molecule has 44 heavy (non-hydrogen) atoms. The monoisotopic (exact) mass is 614 g/mol. The highest BCUT2D eigenvalue weighted by atomic mass is 16.7. The van der Waals surface area contributed by atoms with Crippen molar-refractivity contribution < 1.29 is 33.2 Å². The van der Waals surface area contributed by atoms with Gasteiger partial charge in [-0.15, -0.1) is 0 Å². The van der Waals surface area contributed by atoms with Gasteiger partial charge in [-0.2, -0.15) is 0 Å². The van der Waals surface area contributed by atoms with Gasteiger partial charge < -0.3 is 29.4 Å². The third kappa shape index (κ3) is 9.71. The third-order valence-corrected chi connectivity index (χ3v) is 9.42. The highest BCUT2D eigenvalue weighted by Crippen LogP contribution is 2.45. The molecule has 10 heteroatoms. The first-order chi connectivity index (χ1) is 20.5. The van der Waals surface area contributed by atoms with E-state index in [9.17, 15) is 14.4 Å². The molecule has 9 nitrogen and oxygen atoms in total. The summed E-state index contributed by atoms with van der Waals surface area (Å²) >= 11 is 0. The third-order valence-electron chi connectivity index (χ3n) is 9.42. The van der Waals surface area contributed by atoms with Gasteiger partial charge in [0.1, 0.15) is 18.2 Å². The van der Waals surface area contributed by atoms with Crippen LogP contribution in [0.15, 0.2) is 30.3 Å². The highest BCUT2D eigenvalue weighted by molar-refractivity contribution is 6.45. The summed E-state index contributed by atoms with van der Waals surface area (Å²) in [5.41, 5.74) is -1.18. The van der Waals surface area contributed by atoms with Gasteiger partial charge in [-0.1, -0.05) is 63.4 Å². The van der Waals surface area contributed by atoms with Crippen LogP contribution in [0.4, 0.5) is 4.79 Å². The molecule has 1 saturated carbocycles. The van der Waals surface area contributed by atoms with Crippen molar-refractivity contribution in [2.45, 2.75) is 149 Å². The number of amides is 2. The standard InChI is InChI=1S/C34H55BN2O7/c1-10-24(2)27(37-30(40)42-31(3,4)5)28(38)36-26-18-20-34(22-26,29(39)41-23-25-16-12-11-13-17-25)19-14-15-21-35-43-32(6,7)33(8,9)44-35/h11-13,16-17,24,26-27H,10,14-15,18-23H2,1-9H3,(H,36,38)(H,37,40)/t24-,26-,27-,34+/m0/s1. The number of nitrogens with one attached hydrogen (secondary N) is 2. The van der Waals surface area contributed by atoms with Crippen LogP contribution in [0.1, 0.15) is 113 Å². The zero-order valence-corrected chi connectivity index (χ0v) is 28.4. The molecular formula is C34H55BN2O7. The summed E-state index contributed by atoms with van der Waals surface area (Å²) in [6.07, 6.45) is 4.90. The van der Waals surface area contributed by atoms with Crippen molar-refractivity contribution in [1.29, 1.82) is 0 Å². The first kappa shape index (κ1) is 35.9. The number of alkyl carbamates (subject to hydrolysis) is 1. The Morgan fingerprint density at radius 3 is 2.27 bits per heavy atom. The molecule has 2 N–H and O–H groups in total. The predicted octanol–water partition coefficient (Wildman–Crippen LogP) is 6.59. The minimum atomic E-state index is -0.741. The van der Waals surface area contributed by atoms with Crippen molar-refractivity contribution in [3.63, 3.8) is 0 Å². The predicted molar refractivity (Wildman–Crippen MR) is 172 cm³/mol. The van der Waals surface area contributed by atoms with Gasteiger partial charge in [0.05, 0.1) is 16.6 Å². The van der Waals surface area contributed by atoms with E-state index < -0.39 is 23.2 Å². The lowest BCUT2D eigenvalue weighted by Crippen LogP contribution is -2.53. The number of carbonyl (C=O) groups is 3. The summed E-state index contributed by atoms with van der Waals surface area (Å²) in [5, 5.41) is 5.91. The number of esters is 1. The van der Waals surface area contributed by atoms with Crippen LogP contribution >= 0.6 is 0 Å². The highest BCUT2D eigenvalue weighted by Gasteiger charge is 2.51. The van der Waals surface area contributed by atoms with E-state index in [4.69, 9.17) is 18.8 Å². The molecule has 1 aromatic carbocycles. The van der Waals surface area contributed by atoms with Gasteiger partial charge in [-0.25, -0.2) is 4.79 Å². The fraction of sp³-hybridized carbons (Fsp3) is 0.735. The second-order valence-electron chi connectivity index (χ2n) is 14.7. The second-order valence-corrected chi connectivity index (χ2v) is 14.7. The maximum absolute atomic E-state index is 13.7. The van der Waals surface area contributed by atoms with Crippen LogP contribution < -0.4 is 10.6 Å². The van der Waals surface area contributed by atoms with Crippen molar-refractivity contribution in [1.82, 2.24) is 10.6 Å². The van der Waals surface area contributed by atoms with Gasteiger partial charge in [0.15, 0.2) is 0 Å². The normalized spacial score (nSPS) is 23.9. The van der Waals surface area contributed by atoms with Crippen molar-refractivity contribution in [3.05, 3.63) is 35.9 Å². The second kappa shape index (κ2) is 14.7. The van der Waals surface area contributed by atoms with Crippen LogP contribution in [0.3, 0.4) is 0 Å². The Hall–Kier alpha value is -2.59. The summed E-state index contributed by atoms with van der Waals surface area (Å²) in [6.45, 7) is 17.7. The van der Waals surface area contributed by atoms with Crippen LogP contribution in [0, 0.1) is 11.3 Å². The van der Waals surface area contributed by atoms with Gasteiger partial charge in [0, 0.05) is 6.04 Å². The van der Waals surface area contributed by atoms with Crippen molar-refractivity contribution in [2.75, 3.05) is 0 Å². The molecule has 0 spiro atoms. The lowest BCUT2D eigenvalue weighted by atomic mass is 9.77. The molecule has 1 aliphatic heterocycles. The molecule has 0 unspecified atom stereocenters. The van der Waals surface area contributed by atoms with Crippen LogP contribution in [0.25, 0.3) is 0 Å². The van der Waals surface area contributed by atoms with E-state index in [1.807, 2.05) is 71.9 Å². The number of hydrogen-bond acceptors (Lipinski definition) is 7. The zero-order valence-electron chi connectivity index (χ0n) is 28.4. The molecule has 3 rings (SSSR count). The molecule has 1 aliphatic carbocycles. The Balaban J connectivity index is 1.65. The Labute approximate surface area is 265 Å². The van der Waals surface area contributed by atoms with E-state index in [1.54, 1.807) is 20.8 Å². The molecule has 1 saturated heterocycles. The zero-order chi connectivity index (χ0) is 32.8. The van der Waals surface area contributed by atoms with E-state index >= 15 is 0 Å². The van der Waals surface area contributed by atoms with E-state index in [0.29, 0.717) is 32.1 Å². The molecular weight excluding hydrogens is 559 g/mol. The number of rotatable bonds is 13. The largest absolute Gasteiger partial charge is 0.460 e. The SMILES string of the molecule is CC[C@H](C)[C@H](NC(=O)OC(C)(C)C)C(=O)N[C@H]1CC[C@@](CCCCB2OC(C)(C)C(C)(C)O2)(C(=O)OCc2ccccc2)C1. The van der Waals surface area contributed by atoms with Crippen LogP contribution in [0.2, 0.25) is 6.32 Å². The number of hydrogen-bond donors (Lipinski definition) is 2. The van der Waals surface area contributed by atoms with Crippen molar-refractivity contribution in [2.24, 2.45) is 11.3 Å². The summed E-state index contributed by atoms with van der Waals surface area (Å²) in [7, 11) is -0.272. The summed E-state index contributed by atoms with van der Waals surface area (Å²) in [6, 6.07) is 8.71. The Kier molecular flexibility index (Phi) is 12.0. The Morgan fingerprint density at radius 2 is 1.68 bits per heavy atom. The molecule has 1 aromatic rings. The topological polar surface area (TPSA) is 112 Å². The Bertz CT molecular complexity index is 1100. The number of carbonyl (C=O) groups excluding carboxylic acids is 3. The molecule has 1 heterocycles. The minimum Gasteiger partial charge on any atom is -0.460 e. The molecule has 4 atom stereocenters. The first-order valence-corrected chi connectivity index (χ1v) is 16.3. The van der Waals surface area contributed by atoms with E-state index in [0.717, 1.165) is 24.7 Å². The molecule has 2 amide bonds. The van der Waals surface area contributed by atoms with Crippen LogP contribution in [-0.4, -0.2) is 54.0 Å². The lowest BCUT2D eigenvalue weighted by Gasteiger charge is -2.32. The van der Waals surface area contributed by atoms with Crippen molar-refractivity contribution >= 4 is 25.1 Å². The molecule has 2 aliphatic rings. The van der Waals surface area contributed by atoms with Gasteiger partial charge in [-0.05, 0) is 92.0 Å². The van der Waals surface area contributed by atoms with E-state index in [2.05, 4.69) is 10.6 Å². The maximum atomic E-state index is 13.7. The maximum Gasteiger partial charge on any atom is 0.457 e. The van der Waals surface area contributed by atoms with Gasteiger partial charge in [0.25, 0.3) is 0 Å². The Morgan fingerprint density at radius 1 is 1.05 bits per heavy atom. The van der Waals surface area contributed by atoms with Gasteiger partial charge >= 0.3 is 19.2 Å². The molecule has 246 valence electrons. The van der Waals surface area contributed by atoms with E-state index in [-0.39, 0.29) is 48.8 Å².